The van der Waals surface area contributed by atoms with Crippen LogP contribution in [0.5, 0.6) is 11.6 Å². The van der Waals surface area contributed by atoms with Gasteiger partial charge in [0.25, 0.3) is 0 Å². The molecule has 1 unspecified atom stereocenters. The summed E-state index contributed by atoms with van der Waals surface area (Å²) in [5, 5.41) is 0.534. The van der Waals surface area contributed by atoms with Gasteiger partial charge in [-0.2, -0.15) is 0 Å². The van der Waals surface area contributed by atoms with E-state index in [1.807, 2.05) is 30.3 Å². The maximum absolute atomic E-state index is 12.1. The van der Waals surface area contributed by atoms with Gasteiger partial charge in [0.1, 0.15) is 24.8 Å². The molecular weight excluding hydrogens is 588 g/mol. The van der Waals surface area contributed by atoms with Crippen molar-refractivity contribution in [3.8, 4) is 11.6 Å². The van der Waals surface area contributed by atoms with E-state index < -0.39 is 0 Å². The lowest BCUT2D eigenvalue weighted by Gasteiger charge is -2.39. The van der Waals surface area contributed by atoms with Crippen molar-refractivity contribution in [2.45, 2.75) is 64.3 Å². The first-order chi connectivity index (χ1) is 20.8. The maximum atomic E-state index is 12.1. The minimum atomic E-state index is -0.245. The third kappa shape index (κ3) is 5.46. The molecule has 224 valence electrons. The van der Waals surface area contributed by atoms with Gasteiger partial charge < -0.3 is 18.8 Å². The summed E-state index contributed by atoms with van der Waals surface area (Å²) in [5.74, 6) is 2.32. The molecule has 4 aromatic rings. The second kappa shape index (κ2) is 11.3. The first-order valence-electron chi connectivity index (χ1n) is 14.7. The van der Waals surface area contributed by atoms with E-state index in [-0.39, 0.29) is 29.7 Å². The molecule has 0 aliphatic carbocycles. The summed E-state index contributed by atoms with van der Waals surface area (Å²) in [4.78, 5) is 37.7. The van der Waals surface area contributed by atoms with Crippen LogP contribution in [0, 0.1) is 0 Å². The van der Waals surface area contributed by atoms with Crippen molar-refractivity contribution >= 4 is 45.5 Å². The van der Waals surface area contributed by atoms with Crippen molar-refractivity contribution in [2.75, 3.05) is 26.3 Å². The molecule has 3 aliphatic heterocycles. The molecule has 2 fully saturated rings. The number of aromatic nitrogens is 3. The van der Waals surface area contributed by atoms with E-state index in [2.05, 4.69) is 9.47 Å². The molecule has 1 spiro atoms. The van der Waals surface area contributed by atoms with Crippen LogP contribution in [0.2, 0.25) is 5.02 Å². The van der Waals surface area contributed by atoms with Gasteiger partial charge in [0.15, 0.2) is 11.6 Å². The largest absolute Gasteiger partial charge is 0.491 e. The van der Waals surface area contributed by atoms with Crippen molar-refractivity contribution < 1.29 is 23.8 Å². The molecule has 43 heavy (non-hydrogen) atoms. The number of piperidine rings is 1. The van der Waals surface area contributed by atoms with Crippen molar-refractivity contribution in [2.24, 2.45) is 0 Å². The maximum Gasteiger partial charge on any atom is 0.214 e. The SMILES string of the molecule is CC(=O)c1ccc2nc(CN3CCCC4(COc5ccc(OCc6sc(C(C)=O)cc6Cl)nc54)C3)n(C[C@@H]3CCO3)c2c1. The van der Waals surface area contributed by atoms with Crippen LogP contribution < -0.4 is 9.47 Å². The Kier molecular flexibility index (Phi) is 7.49. The molecule has 3 aliphatic rings. The van der Waals surface area contributed by atoms with Crippen molar-refractivity contribution in [3.05, 3.63) is 68.3 Å². The first-order valence-corrected chi connectivity index (χ1v) is 15.9. The highest BCUT2D eigenvalue weighted by Crippen LogP contribution is 2.44. The average Bonchev–Trinajstić information content (AvgIpc) is 3.62. The lowest BCUT2D eigenvalue weighted by Crippen LogP contribution is -2.47. The summed E-state index contributed by atoms with van der Waals surface area (Å²) in [7, 11) is 0. The summed E-state index contributed by atoms with van der Waals surface area (Å²) in [6, 6.07) is 11.2. The summed E-state index contributed by atoms with van der Waals surface area (Å²) < 4.78 is 20.3. The molecule has 2 saturated heterocycles. The second-order valence-electron chi connectivity index (χ2n) is 11.8. The number of carbonyl (C=O) groups excluding carboxylic acids is 2. The number of benzene rings is 1. The number of ether oxygens (including phenoxy) is 3. The van der Waals surface area contributed by atoms with E-state index in [4.69, 9.17) is 35.8 Å². The number of hydrogen-bond donors (Lipinski definition) is 0. The highest BCUT2D eigenvalue weighted by molar-refractivity contribution is 7.14. The Morgan fingerprint density at radius 2 is 2.02 bits per heavy atom. The Balaban J connectivity index is 1.12. The minimum absolute atomic E-state index is 0.0116. The third-order valence-corrected chi connectivity index (χ3v) is 10.4. The molecule has 1 aromatic carbocycles. The number of rotatable bonds is 9. The van der Waals surface area contributed by atoms with Crippen LogP contribution in [-0.4, -0.2) is 63.4 Å². The number of ketones is 2. The number of hydrogen-bond acceptors (Lipinski definition) is 9. The standard InChI is InChI=1S/C32H33ClN4O5S/c1-19(38)21-4-5-24-25(12-21)37(14-22-8-11-40-22)29(34-24)15-36-10-3-9-32(17-36)18-42-26-6-7-30(35-31(26)32)41-16-28-23(33)13-27(43-28)20(2)39/h4-7,12-13,22H,3,8-11,14-18H2,1-2H3/t22-,32?/m0/s1. The van der Waals surface area contributed by atoms with E-state index in [0.29, 0.717) is 34.5 Å². The van der Waals surface area contributed by atoms with Crippen LogP contribution in [0.3, 0.4) is 0 Å². The molecule has 9 nitrogen and oxygen atoms in total. The molecule has 0 amide bonds. The topological polar surface area (TPSA) is 95.8 Å². The second-order valence-corrected chi connectivity index (χ2v) is 13.3. The smallest absolute Gasteiger partial charge is 0.214 e. The summed E-state index contributed by atoms with van der Waals surface area (Å²) >= 11 is 7.70. The highest BCUT2D eigenvalue weighted by atomic mass is 35.5. The molecule has 0 N–H and O–H groups in total. The van der Waals surface area contributed by atoms with Crippen LogP contribution in [0.1, 0.15) is 69.5 Å². The van der Waals surface area contributed by atoms with Gasteiger partial charge in [0.2, 0.25) is 5.88 Å². The molecule has 0 saturated carbocycles. The zero-order chi connectivity index (χ0) is 29.7. The Morgan fingerprint density at radius 1 is 1.16 bits per heavy atom. The molecule has 3 aromatic heterocycles. The van der Waals surface area contributed by atoms with Crippen LogP contribution >= 0.6 is 22.9 Å². The summed E-state index contributed by atoms with van der Waals surface area (Å²) in [6.07, 6.45) is 3.17. The normalized spacial score (nSPS) is 21.5. The fraction of sp³-hybridized carbons (Fsp3) is 0.438. The van der Waals surface area contributed by atoms with E-state index in [0.717, 1.165) is 78.7 Å². The van der Waals surface area contributed by atoms with Crippen molar-refractivity contribution in [3.63, 3.8) is 0 Å². The highest BCUT2D eigenvalue weighted by Gasteiger charge is 2.46. The first kappa shape index (κ1) is 28.5. The van der Waals surface area contributed by atoms with Gasteiger partial charge in [-0.15, -0.1) is 11.3 Å². The Bertz CT molecular complexity index is 1730. The zero-order valence-electron chi connectivity index (χ0n) is 24.2. The average molecular weight is 621 g/mol. The number of halogens is 1. The number of thiophene rings is 1. The lowest BCUT2D eigenvalue weighted by atomic mass is 9.78. The van der Waals surface area contributed by atoms with Gasteiger partial charge in [0, 0.05) is 24.8 Å². The Labute approximate surface area is 258 Å². The number of fused-ring (bicyclic) bond motifs is 3. The molecule has 0 radical (unpaired) electrons. The number of imidazole rings is 1. The fourth-order valence-electron chi connectivity index (χ4n) is 6.33. The predicted octanol–water partition coefficient (Wildman–Crippen LogP) is 5.85. The van der Waals surface area contributed by atoms with Gasteiger partial charge in [-0.1, -0.05) is 11.6 Å². The molecule has 2 atom stereocenters. The van der Waals surface area contributed by atoms with Gasteiger partial charge >= 0.3 is 0 Å². The van der Waals surface area contributed by atoms with Crippen LogP contribution in [0.15, 0.2) is 36.4 Å². The van der Waals surface area contributed by atoms with E-state index >= 15 is 0 Å². The van der Waals surface area contributed by atoms with E-state index in [1.165, 1.54) is 18.3 Å². The number of nitrogens with zero attached hydrogens (tertiary/aromatic N) is 4. The van der Waals surface area contributed by atoms with Gasteiger partial charge in [-0.25, -0.2) is 9.97 Å². The predicted molar refractivity (Wildman–Crippen MR) is 164 cm³/mol. The molecule has 6 heterocycles. The van der Waals surface area contributed by atoms with Crippen LogP contribution in [0.25, 0.3) is 11.0 Å². The summed E-state index contributed by atoms with van der Waals surface area (Å²) in [5.41, 5.74) is 3.25. The monoisotopic (exact) mass is 620 g/mol. The summed E-state index contributed by atoms with van der Waals surface area (Å²) in [6.45, 7) is 7.88. The Morgan fingerprint density at radius 3 is 2.77 bits per heavy atom. The van der Waals surface area contributed by atoms with Crippen LogP contribution in [0.4, 0.5) is 0 Å². The van der Waals surface area contributed by atoms with E-state index in [9.17, 15) is 9.59 Å². The van der Waals surface area contributed by atoms with Crippen LogP contribution in [-0.2, 0) is 29.8 Å². The Hall–Kier alpha value is -3.31. The number of Topliss-reactive ketones (excluding diaryl/α,β-unsaturated/α-hetero) is 2. The third-order valence-electron chi connectivity index (χ3n) is 8.73. The molecule has 0 bridgehead atoms. The molecular formula is C32H33ClN4O5S. The fourth-order valence-corrected chi connectivity index (χ4v) is 7.53. The van der Waals surface area contributed by atoms with Crippen molar-refractivity contribution in [1.29, 1.82) is 0 Å². The number of likely N-dealkylation sites (tertiary alicyclic amines) is 1. The van der Waals surface area contributed by atoms with Crippen molar-refractivity contribution in [1.82, 2.24) is 19.4 Å². The quantitative estimate of drug-likeness (QED) is 0.215. The molecule has 7 rings (SSSR count). The lowest BCUT2D eigenvalue weighted by molar-refractivity contribution is -0.0592. The van der Waals surface area contributed by atoms with Gasteiger partial charge in [0.05, 0.1) is 56.1 Å². The molecule has 11 heteroatoms. The van der Waals surface area contributed by atoms with Gasteiger partial charge in [-0.05, 0) is 70.0 Å². The van der Waals surface area contributed by atoms with Gasteiger partial charge in [-0.3, -0.25) is 14.5 Å². The van der Waals surface area contributed by atoms with E-state index in [1.54, 1.807) is 13.0 Å². The number of carbonyl (C=O) groups is 2. The zero-order valence-corrected chi connectivity index (χ0v) is 25.8. The minimum Gasteiger partial charge on any atom is -0.491 e. The number of pyridine rings is 1.